The third kappa shape index (κ3) is 1.96. The number of hydrogen-bond acceptors (Lipinski definition) is 2. The summed E-state index contributed by atoms with van der Waals surface area (Å²) in [5.41, 5.74) is 4.85. The largest absolute Gasteiger partial charge is 0.334 e. The Kier molecular flexibility index (Phi) is 2.81. The van der Waals surface area contributed by atoms with Gasteiger partial charge in [-0.3, -0.25) is 4.79 Å². The second-order valence-electron chi connectivity index (χ2n) is 6.04. The quantitative estimate of drug-likeness (QED) is 0.845. The fraction of sp³-hybridized carbons (Fsp3) is 0.333. The summed E-state index contributed by atoms with van der Waals surface area (Å²) in [5, 5.41) is 0. The Morgan fingerprint density at radius 3 is 3.00 bits per heavy atom. The molecule has 0 aliphatic heterocycles. The van der Waals surface area contributed by atoms with Gasteiger partial charge < -0.3 is 4.57 Å². The molecule has 3 heteroatoms. The van der Waals surface area contributed by atoms with Crippen molar-refractivity contribution < 1.29 is 4.79 Å². The minimum absolute atomic E-state index is 0.0859. The van der Waals surface area contributed by atoms with E-state index in [4.69, 9.17) is 0 Å². The van der Waals surface area contributed by atoms with Crippen molar-refractivity contribution in [2.24, 2.45) is 5.92 Å². The van der Waals surface area contributed by atoms with Crippen molar-refractivity contribution >= 4 is 11.4 Å². The first-order valence-corrected chi connectivity index (χ1v) is 7.56. The second kappa shape index (κ2) is 4.69. The van der Waals surface area contributed by atoms with Crippen LogP contribution in [0.1, 0.15) is 29.8 Å². The van der Waals surface area contributed by atoms with E-state index in [-0.39, 0.29) is 5.92 Å². The highest BCUT2D eigenvalue weighted by atomic mass is 16.1. The third-order valence-electron chi connectivity index (χ3n) is 4.80. The molecule has 1 heterocycles. The molecular weight excluding hydrogens is 260 g/mol. The Bertz CT molecular complexity index is 754. The predicted molar refractivity (Wildman–Crippen MR) is 81.8 cm³/mol. The van der Waals surface area contributed by atoms with Crippen LogP contribution in [0.15, 0.2) is 42.2 Å². The van der Waals surface area contributed by atoms with Gasteiger partial charge in [0.2, 0.25) is 0 Å². The molecule has 106 valence electrons. The van der Waals surface area contributed by atoms with Gasteiger partial charge in [-0.1, -0.05) is 29.8 Å². The number of aryl methyl sites for hydroxylation is 1. The summed E-state index contributed by atoms with van der Waals surface area (Å²) < 4.78 is 2.09. The molecule has 0 saturated heterocycles. The van der Waals surface area contributed by atoms with Crippen LogP contribution < -0.4 is 0 Å². The first-order valence-electron chi connectivity index (χ1n) is 7.56. The Labute approximate surface area is 124 Å². The van der Waals surface area contributed by atoms with Crippen molar-refractivity contribution in [3.05, 3.63) is 59.2 Å². The summed E-state index contributed by atoms with van der Waals surface area (Å²) in [6.07, 6.45) is 6.75. The molecule has 1 aromatic carbocycles. The van der Waals surface area contributed by atoms with E-state index in [0.717, 1.165) is 37.2 Å². The number of carbonyl (C=O) groups excluding carboxylic acids is 1. The lowest BCUT2D eigenvalue weighted by Gasteiger charge is -2.23. The van der Waals surface area contributed by atoms with Gasteiger partial charge in [-0.2, -0.15) is 0 Å². The minimum atomic E-state index is 0.0859. The number of aromatic nitrogens is 2. The molecule has 0 spiro atoms. The smallest absolute Gasteiger partial charge is 0.168 e. The Hall–Kier alpha value is -2.16. The van der Waals surface area contributed by atoms with E-state index in [1.165, 1.54) is 16.7 Å². The summed E-state index contributed by atoms with van der Waals surface area (Å²) in [5.74, 6) is 1.39. The SMILES string of the molecule is Cc1nccn1CC1CCC2=C(C1=O)c1ccccc1C2. The first kappa shape index (κ1) is 12.6. The summed E-state index contributed by atoms with van der Waals surface area (Å²) in [7, 11) is 0. The lowest BCUT2D eigenvalue weighted by molar-refractivity contribution is -0.118. The van der Waals surface area contributed by atoms with Crippen LogP contribution in [0.4, 0.5) is 0 Å². The number of benzene rings is 1. The Balaban J connectivity index is 1.65. The highest BCUT2D eigenvalue weighted by Gasteiger charge is 2.34. The highest BCUT2D eigenvalue weighted by Crippen LogP contribution is 2.41. The molecule has 2 aliphatic rings. The molecule has 0 amide bonds. The molecule has 0 N–H and O–H groups in total. The van der Waals surface area contributed by atoms with Crippen molar-refractivity contribution in [3.8, 4) is 0 Å². The molecule has 0 bridgehead atoms. The number of rotatable bonds is 2. The van der Waals surface area contributed by atoms with Crippen LogP contribution in [0.5, 0.6) is 0 Å². The zero-order valence-electron chi connectivity index (χ0n) is 12.2. The molecule has 0 saturated carbocycles. The van der Waals surface area contributed by atoms with Crippen molar-refractivity contribution in [3.63, 3.8) is 0 Å². The van der Waals surface area contributed by atoms with E-state index in [1.807, 2.05) is 19.2 Å². The standard InChI is InChI=1S/C18H18N2O/c1-12-19-8-9-20(12)11-15-7-6-14-10-13-4-2-3-5-16(13)17(14)18(15)21/h2-5,8-9,15H,6-7,10-11H2,1H3. The Morgan fingerprint density at radius 2 is 2.19 bits per heavy atom. The highest BCUT2D eigenvalue weighted by molar-refractivity contribution is 6.24. The maximum atomic E-state index is 12.9. The van der Waals surface area contributed by atoms with Crippen molar-refractivity contribution in [1.82, 2.24) is 9.55 Å². The maximum Gasteiger partial charge on any atom is 0.168 e. The minimum Gasteiger partial charge on any atom is -0.334 e. The van der Waals surface area contributed by atoms with Gasteiger partial charge in [0.1, 0.15) is 5.82 Å². The second-order valence-corrected chi connectivity index (χ2v) is 6.04. The van der Waals surface area contributed by atoms with Crippen LogP contribution in [0.2, 0.25) is 0 Å². The zero-order chi connectivity index (χ0) is 14.4. The average Bonchev–Trinajstić information content (AvgIpc) is 3.06. The molecule has 0 fully saturated rings. The van der Waals surface area contributed by atoms with Crippen LogP contribution in [0.25, 0.3) is 5.57 Å². The fourth-order valence-electron chi connectivity index (χ4n) is 3.64. The van der Waals surface area contributed by atoms with Gasteiger partial charge in [0.05, 0.1) is 0 Å². The van der Waals surface area contributed by atoms with Crippen LogP contribution in [0, 0.1) is 12.8 Å². The average molecular weight is 278 g/mol. The summed E-state index contributed by atoms with van der Waals surface area (Å²) in [4.78, 5) is 17.2. The van der Waals surface area contributed by atoms with Gasteiger partial charge in [-0.05, 0) is 37.3 Å². The van der Waals surface area contributed by atoms with Crippen molar-refractivity contribution in [2.75, 3.05) is 0 Å². The van der Waals surface area contributed by atoms with Crippen molar-refractivity contribution in [2.45, 2.75) is 32.7 Å². The first-order chi connectivity index (χ1) is 10.2. The molecule has 4 rings (SSSR count). The zero-order valence-corrected chi connectivity index (χ0v) is 12.2. The topological polar surface area (TPSA) is 34.9 Å². The lowest BCUT2D eigenvalue weighted by atomic mass is 9.82. The molecule has 1 atom stereocenters. The monoisotopic (exact) mass is 278 g/mol. The van der Waals surface area contributed by atoms with Gasteiger partial charge in [-0.25, -0.2) is 4.98 Å². The molecule has 1 unspecified atom stereocenters. The van der Waals surface area contributed by atoms with Gasteiger partial charge in [0.15, 0.2) is 5.78 Å². The fourth-order valence-corrected chi connectivity index (χ4v) is 3.64. The molecule has 2 aliphatic carbocycles. The number of hydrogen-bond donors (Lipinski definition) is 0. The number of ketones is 1. The molecule has 21 heavy (non-hydrogen) atoms. The van der Waals surface area contributed by atoms with E-state index in [2.05, 4.69) is 27.8 Å². The number of allylic oxidation sites excluding steroid dienone is 2. The van der Waals surface area contributed by atoms with E-state index < -0.39 is 0 Å². The van der Waals surface area contributed by atoms with Gasteiger partial charge in [0, 0.05) is 30.4 Å². The number of nitrogens with zero attached hydrogens (tertiary/aromatic N) is 2. The molecule has 1 aromatic heterocycles. The Morgan fingerprint density at radius 1 is 1.33 bits per heavy atom. The number of imidazole rings is 1. The van der Waals surface area contributed by atoms with Crippen LogP contribution in [-0.4, -0.2) is 15.3 Å². The van der Waals surface area contributed by atoms with E-state index in [1.54, 1.807) is 6.20 Å². The maximum absolute atomic E-state index is 12.9. The molecular formula is C18H18N2O. The normalized spacial score (nSPS) is 20.6. The van der Waals surface area contributed by atoms with Gasteiger partial charge >= 0.3 is 0 Å². The van der Waals surface area contributed by atoms with Crippen LogP contribution >= 0.6 is 0 Å². The van der Waals surface area contributed by atoms with E-state index >= 15 is 0 Å². The van der Waals surface area contributed by atoms with Crippen molar-refractivity contribution in [1.29, 1.82) is 0 Å². The predicted octanol–water partition coefficient (Wildman–Crippen LogP) is 3.18. The number of carbonyl (C=O) groups is 1. The summed E-state index contributed by atoms with van der Waals surface area (Å²) >= 11 is 0. The third-order valence-corrected chi connectivity index (χ3v) is 4.80. The summed E-state index contributed by atoms with van der Waals surface area (Å²) in [6.45, 7) is 2.74. The van der Waals surface area contributed by atoms with E-state index in [9.17, 15) is 4.79 Å². The van der Waals surface area contributed by atoms with Gasteiger partial charge in [0.25, 0.3) is 0 Å². The molecule has 3 nitrogen and oxygen atoms in total. The molecule has 2 aromatic rings. The van der Waals surface area contributed by atoms with Gasteiger partial charge in [-0.15, -0.1) is 0 Å². The molecule has 0 radical (unpaired) electrons. The number of fused-ring (bicyclic) bond motifs is 2. The summed E-state index contributed by atoms with van der Waals surface area (Å²) in [6, 6.07) is 8.34. The number of Topliss-reactive ketones (excluding diaryl/α,β-unsaturated/α-hetero) is 1. The lowest BCUT2D eigenvalue weighted by Crippen LogP contribution is -2.25. The van der Waals surface area contributed by atoms with E-state index in [0.29, 0.717) is 5.78 Å². The van der Waals surface area contributed by atoms with Crippen LogP contribution in [-0.2, 0) is 17.8 Å². The van der Waals surface area contributed by atoms with Crippen LogP contribution in [0.3, 0.4) is 0 Å².